The number of aliphatic hydroxyl groups is 2. The second-order valence-electron chi connectivity index (χ2n) is 18.9. The average Bonchev–Trinajstić information content (AvgIpc) is 3.92. The number of rotatable bonds is 7. The number of nitrogens with zero attached hydrogens (tertiary/aromatic N) is 2. The minimum Gasteiger partial charge on any atom is -0.456 e. The SMILES string of the molecule is Bc1c(B)c(B)c(-c2ccc3c(-c4cccc(-c5cccc(-n6c(C(B)(O)C(B)(B)O)nc7ccccc76)c5)c4)c4ccccc4c(-c4cccc5oc6ccccc6c45)c3c2)c(B)c1B. The van der Waals surface area contributed by atoms with Crippen LogP contribution in [0.1, 0.15) is 5.82 Å². The maximum atomic E-state index is 11.9. The van der Waals surface area contributed by atoms with Crippen molar-refractivity contribution in [2.75, 3.05) is 0 Å². The molecule has 13 heteroatoms. The molecule has 0 fully saturated rings. The molecule has 0 saturated heterocycles. The first-order chi connectivity index (χ1) is 31.7. The van der Waals surface area contributed by atoms with Gasteiger partial charge in [-0.1, -0.05) is 120 Å². The van der Waals surface area contributed by atoms with Gasteiger partial charge in [-0.15, -0.1) is 16.4 Å². The van der Waals surface area contributed by atoms with Crippen LogP contribution in [-0.4, -0.2) is 87.9 Å². The highest BCUT2D eigenvalue weighted by Gasteiger charge is 2.43. The van der Waals surface area contributed by atoms with E-state index in [2.05, 4.69) is 161 Å². The molecule has 0 radical (unpaired) electrons. The summed E-state index contributed by atoms with van der Waals surface area (Å²) in [5.74, 6) is 0.375. The summed E-state index contributed by atoms with van der Waals surface area (Å²) in [6.45, 7) is 0. The third-order valence-electron chi connectivity index (χ3n) is 14.8. The summed E-state index contributed by atoms with van der Waals surface area (Å²) in [5.41, 5.74) is 18.4. The van der Waals surface area contributed by atoms with Crippen molar-refractivity contribution in [1.82, 2.24) is 9.55 Å². The molecule has 66 heavy (non-hydrogen) atoms. The molecule has 1 atom stereocenters. The molecule has 2 heterocycles. The van der Waals surface area contributed by atoms with Gasteiger partial charge in [-0.25, -0.2) is 4.98 Å². The van der Waals surface area contributed by atoms with E-state index in [1.165, 1.54) is 71.1 Å². The molecule has 11 rings (SSSR count). The van der Waals surface area contributed by atoms with Gasteiger partial charge < -0.3 is 14.6 Å². The Morgan fingerprint density at radius 1 is 0.455 bits per heavy atom. The summed E-state index contributed by atoms with van der Waals surface area (Å²) in [7, 11) is 16.1. The topological polar surface area (TPSA) is 71.4 Å². The van der Waals surface area contributed by atoms with Crippen molar-refractivity contribution in [2.45, 2.75) is 10.9 Å². The number of hydrogen-bond acceptors (Lipinski definition) is 4. The van der Waals surface area contributed by atoms with Gasteiger partial charge in [0.2, 0.25) is 0 Å². The highest BCUT2D eigenvalue weighted by molar-refractivity contribution is 6.68. The molecule has 2 N–H and O–H groups in total. The number of para-hydroxylation sites is 3. The molecule has 0 aliphatic carbocycles. The zero-order valence-corrected chi connectivity index (χ0v) is 38.7. The predicted molar refractivity (Wildman–Crippen MR) is 300 cm³/mol. The molecular formula is C53H44B8N2O3. The van der Waals surface area contributed by atoms with Crippen molar-refractivity contribution in [3.8, 4) is 50.2 Å². The Labute approximate surface area is 391 Å². The molecule has 0 spiro atoms. The zero-order chi connectivity index (χ0) is 45.8. The van der Waals surface area contributed by atoms with Gasteiger partial charge in [0.15, 0.2) is 7.85 Å². The Balaban J connectivity index is 1.17. The van der Waals surface area contributed by atoms with Gasteiger partial charge >= 0.3 is 0 Å². The maximum Gasteiger partial charge on any atom is 0.154 e. The molecule has 0 bridgehead atoms. The fraction of sp³-hybridized carbons (Fsp3) is 0.0377. The number of aromatic nitrogens is 2. The highest BCUT2D eigenvalue weighted by atomic mass is 16.3. The first kappa shape index (κ1) is 41.9. The Morgan fingerprint density at radius 3 is 1.76 bits per heavy atom. The van der Waals surface area contributed by atoms with Crippen LogP contribution in [0, 0.1) is 0 Å². The number of fused-ring (bicyclic) bond motifs is 6. The molecule has 0 aliphatic rings. The number of imidazole rings is 1. The maximum absolute atomic E-state index is 11.9. The van der Waals surface area contributed by atoms with Crippen LogP contribution in [-0.2, 0) is 5.50 Å². The lowest BCUT2D eigenvalue weighted by atomic mass is 9.49. The number of hydrogen-bond donors (Lipinski definition) is 2. The van der Waals surface area contributed by atoms with E-state index >= 15 is 0 Å². The Morgan fingerprint density at radius 2 is 1.02 bits per heavy atom. The summed E-state index contributed by atoms with van der Waals surface area (Å²) >= 11 is 0. The third-order valence-corrected chi connectivity index (χ3v) is 14.8. The van der Waals surface area contributed by atoms with E-state index in [-0.39, 0.29) is 0 Å². The van der Waals surface area contributed by atoms with E-state index in [0.717, 1.165) is 60.9 Å². The fourth-order valence-corrected chi connectivity index (χ4v) is 10.4. The van der Waals surface area contributed by atoms with Crippen molar-refractivity contribution < 1.29 is 14.6 Å². The minimum atomic E-state index is -1.65. The monoisotopic (exact) mass is 844 g/mol. The summed E-state index contributed by atoms with van der Waals surface area (Å²) in [5, 5.41) is 28.5. The van der Waals surface area contributed by atoms with Gasteiger partial charge in [-0.05, 0) is 115 Å². The zero-order valence-electron chi connectivity index (χ0n) is 38.7. The van der Waals surface area contributed by atoms with Crippen molar-refractivity contribution in [1.29, 1.82) is 0 Å². The van der Waals surface area contributed by atoms with Crippen LogP contribution < -0.4 is 27.3 Å². The minimum absolute atomic E-state index is 0.375. The van der Waals surface area contributed by atoms with Crippen LogP contribution in [0.4, 0.5) is 0 Å². The van der Waals surface area contributed by atoms with Gasteiger partial charge in [0.25, 0.3) is 0 Å². The molecule has 0 saturated carbocycles. The van der Waals surface area contributed by atoms with Crippen LogP contribution in [0.2, 0.25) is 0 Å². The number of furan rings is 1. The van der Waals surface area contributed by atoms with Crippen LogP contribution in [0.3, 0.4) is 0 Å². The van der Waals surface area contributed by atoms with Crippen LogP contribution in [0.15, 0.2) is 162 Å². The van der Waals surface area contributed by atoms with E-state index in [4.69, 9.17) is 9.40 Å². The third kappa shape index (κ3) is 6.39. The van der Waals surface area contributed by atoms with E-state index in [1.54, 1.807) is 23.5 Å². The number of benzene rings is 9. The fourth-order valence-electron chi connectivity index (χ4n) is 10.4. The standard InChI is InChI=1S/C53H44B8N2O3/c54-46-43(47(55)49(57)50(58)48(46)56)30-22-23-34-37(26-30)44(36-17-9-21-41-45(36)35-16-3-6-20-40(35)66-41)33-15-2-1-14-32(33)42(34)29-12-7-10-27(24-29)28-11-8-13-31(25-28)63-39-19-5-4-18-38(39)62-51(63)52(59,64)53(60,61)65/h1-26,64-65H,54-61H2. The second kappa shape index (κ2) is 15.4. The van der Waals surface area contributed by atoms with Crippen molar-refractivity contribution in [2.24, 2.45) is 0 Å². The molecule has 308 valence electrons. The first-order valence-corrected chi connectivity index (χ1v) is 22.8. The van der Waals surface area contributed by atoms with Gasteiger partial charge in [-0.2, -0.15) is 0 Å². The van der Waals surface area contributed by atoms with Crippen LogP contribution in [0.5, 0.6) is 0 Å². The summed E-state index contributed by atoms with van der Waals surface area (Å²) in [6, 6.07) is 55.9. The summed E-state index contributed by atoms with van der Waals surface area (Å²) in [4.78, 5) is 4.89. The first-order valence-electron chi connectivity index (χ1n) is 22.8. The molecule has 1 unspecified atom stereocenters. The molecular weight excluding hydrogens is 799 g/mol. The van der Waals surface area contributed by atoms with E-state index in [0.29, 0.717) is 5.82 Å². The lowest BCUT2D eigenvalue weighted by molar-refractivity contribution is -0.00426. The second-order valence-corrected chi connectivity index (χ2v) is 18.9. The van der Waals surface area contributed by atoms with Crippen molar-refractivity contribution >= 4 is 145 Å². The lowest BCUT2D eigenvalue weighted by Gasteiger charge is -2.36. The van der Waals surface area contributed by atoms with Gasteiger partial charge in [-0.3, -0.25) is 4.57 Å². The molecule has 0 amide bonds. The largest absolute Gasteiger partial charge is 0.456 e. The van der Waals surface area contributed by atoms with Gasteiger partial charge in [0, 0.05) is 21.9 Å². The van der Waals surface area contributed by atoms with E-state index in [1.807, 2.05) is 41.0 Å². The smallest absolute Gasteiger partial charge is 0.154 e. The van der Waals surface area contributed by atoms with Crippen molar-refractivity contribution in [3.05, 3.63) is 164 Å². The Hall–Kier alpha value is -6.79. The average molecular weight is 843 g/mol. The summed E-state index contributed by atoms with van der Waals surface area (Å²) in [6.07, 6.45) is 0. The van der Waals surface area contributed by atoms with Gasteiger partial charge in [0.05, 0.1) is 11.0 Å². The van der Waals surface area contributed by atoms with E-state index in [9.17, 15) is 10.2 Å². The Bertz CT molecular complexity index is 3790. The van der Waals surface area contributed by atoms with Crippen LogP contribution in [0.25, 0.3) is 105 Å². The van der Waals surface area contributed by atoms with E-state index < -0.39 is 10.9 Å². The quantitative estimate of drug-likeness (QED) is 0.185. The lowest BCUT2D eigenvalue weighted by Crippen LogP contribution is -2.55. The molecule has 9 aromatic carbocycles. The normalized spacial score (nSPS) is 13.0. The summed E-state index contributed by atoms with van der Waals surface area (Å²) < 4.78 is 8.49. The highest BCUT2D eigenvalue weighted by Crippen LogP contribution is 2.48. The van der Waals surface area contributed by atoms with Crippen LogP contribution >= 0.6 is 0 Å². The molecule has 5 nitrogen and oxygen atoms in total. The Kier molecular flexibility index (Phi) is 9.78. The molecule has 2 aromatic heterocycles. The predicted octanol–water partition coefficient (Wildman–Crippen LogP) is 0.882. The van der Waals surface area contributed by atoms with Gasteiger partial charge in [0.1, 0.15) is 77.4 Å². The molecule has 11 aromatic rings. The van der Waals surface area contributed by atoms with Crippen molar-refractivity contribution in [3.63, 3.8) is 0 Å². The molecule has 0 aliphatic heterocycles.